The summed E-state index contributed by atoms with van der Waals surface area (Å²) in [6.45, 7) is 3.68. The molecule has 0 saturated carbocycles. The summed E-state index contributed by atoms with van der Waals surface area (Å²) in [4.78, 5) is 16.8. The highest BCUT2D eigenvalue weighted by Gasteiger charge is 2.42. The average Bonchev–Trinajstić information content (AvgIpc) is 3.22. The van der Waals surface area contributed by atoms with Gasteiger partial charge >= 0.3 is 0 Å². The molecule has 3 heterocycles. The van der Waals surface area contributed by atoms with Crippen molar-refractivity contribution in [2.45, 2.75) is 50.2 Å². The number of carbonyl (C=O) groups is 1. The molecule has 2 saturated heterocycles. The number of likely N-dealkylation sites (tertiary alicyclic amines) is 2. The van der Waals surface area contributed by atoms with Crippen molar-refractivity contribution in [1.29, 1.82) is 0 Å². The molecule has 0 aliphatic carbocycles. The average molecular weight is 501 g/mol. The van der Waals surface area contributed by atoms with Gasteiger partial charge in [0, 0.05) is 62.6 Å². The van der Waals surface area contributed by atoms with Gasteiger partial charge in [0.2, 0.25) is 0 Å². The van der Waals surface area contributed by atoms with E-state index >= 15 is 0 Å². The maximum absolute atomic E-state index is 12.8. The van der Waals surface area contributed by atoms with Crippen LogP contribution in [0.25, 0.3) is 0 Å². The summed E-state index contributed by atoms with van der Waals surface area (Å²) in [6.07, 6.45) is 5.11. The molecule has 0 unspecified atom stereocenters. The molecule has 2 aromatic rings. The molecule has 8 heteroatoms. The molecule has 188 valence electrons. The Morgan fingerprint density at radius 1 is 1.09 bits per heavy atom. The van der Waals surface area contributed by atoms with E-state index < -0.39 is 6.10 Å². The van der Waals surface area contributed by atoms with E-state index in [1.807, 2.05) is 23.1 Å². The molecule has 2 aromatic carbocycles. The van der Waals surface area contributed by atoms with Gasteiger partial charge in [-0.15, -0.1) is 0 Å². The Kier molecular flexibility index (Phi) is 7.09. The number of phenolic OH excluding ortho intramolecular Hbond substituents is 1. The number of hydrogen-bond donors (Lipinski definition) is 2. The van der Waals surface area contributed by atoms with E-state index in [0.29, 0.717) is 12.1 Å². The van der Waals surface area contributed by atoms with Gasteiger partial charge in [0.25, 0.3) is 5.91 Å². The van der Waals surface area contributed by atoms with E-state index in [9.17, 15) is 15.0 Å². The van der Waals surface area contributed by atoms with E-state index in [0.717, 1.165) is 75.5 Å². The summed E-state index contributed by atoms with van der Waals surface area (Å²) in [7, 11) is 0. The molecular formula is C27H33ClN2O5. The van der Waals surface area contributed by atoms with Crippen LogP contribution in [-0.2, 0) is 6.42 Å². The lowest BCUT2D eigenvalue weighted by Crippen LogP contribution is -2.49. The number of rotatable bonds is 6. The van der Waals surface area contributed by atoms with Crippen molar-refractivity contribution in [2.24, 2.45) is 0 Å². The Labute approximate surface area is 211 Å². The highest BCUT2D eigenvalue weighted by atomic mass is 35.5. The molecule has 2 N–H and O–H groups in total. The zero-order valence-corrected chi connectivity index (χ0v) is 20.7. The number of aliphatic hydroxyl groups excluding tert-OH is 1. The van der Waals surface area contributed by atoms with Gasteiger partial charge in [-0.3, -0.25) is 4.79 Å². The second-order valence-electron chi connectivity index (χ2n) is 10.0. The van der Waals surface area contributed by atoms with Crippen LogP contribution in [0.5, 0.6) is 17.2 Å². The van der Waals surface area contributed by atoms with Gasteiger partial charge in [0.15, 0.2) is 11.5 Å². The molecule has 5 rings (SSSR count). The van der Waals surface area contributed by atoms with Crippen LogP contribution in [-0.4, -0.2) is 77.0 Å². The van der Waals surface area contributed by atoms with Crippen LogP contribution < -0.4 is 9.47 Å². The molecule has 1 amide bonds. The van der Waals surface area contributed by atoms with Gasteiger partial charge in [-0.2, -0.15) is 0 Å². The number of phenols is 1. The lowest BCUT2D eigenvalue weighted by molar-refractivity contribution is -0.00211. The summed E-state index contributed by atoms with van der Waals surface area (Å²) in [5, 5.41) is 21.5. The first-order valence-corrected chi connectivity index (χ1v) is 12.9. The Morgan fingerprint density at radius 3 is 2.63 bits per heavy atom. The number of ether oxygens (including phenoxy) is 2. The van der Waals surface area contributed by atoms with Crippen LogP contribution in [0.4, 0.5) is 0 Å². The fourth-order valence-electron chi connectivity index (χ4n) is 5.40. The molecular weight excluding hydrogens is 468 g/mol. The first-order chi connectivity index (χ1) is 16.9. The molecule has 0 radical (unpaired) electrons. The van der Waals surface area contributed by atoms with E-state index in [4.69, 9.17) is 21.1 Å². The number of aromatic hydroxyl groups is 1. The molecule has 1 spiro atoms. The zero-order chi connectivity index (χ0) is 24.4. The summed E-state index contributed by atoms with van der Waals surface area (Å²) in [5.74, 6) is 1.07. The molecule has 1 atom stereocenters. The third kappa shape index (κ3) is 5.52. The Morgan fingerprint density at radius 2 is 1.86 bits per heavy atom. The quantitative estimate of drug-likeness (QED) is 0.626. The number of hydrogen-bond acceptors (Lipinski definition) is 6. The third-order valence-corrected chi connectivity index (χ3v) is 7.61. The first-order valence-electron chi connectivity index (χ1n) is 12.5. The number of piperidine rings is 2. The van der Waals surface area contributed by atoms with Crippen LogP contribution >= 0.6 is 11.6 Å². The van der Waals surface area contributed by atoms with E-state index in [1.165, 1.54) is 11.6 Å². The second-order valence-corrected chi connectivity index (χ2v) is 10.5. The third-order valence-electron chi connectivity index (χ3n) is 7.38. The van der Waals surface area contributed by atoms with Crippen molar-refractivity contribution in [1.82, 2.24) is 9.80 Å². The van der Waals surface area contributed by atoms with E-state index in [-0.39, 0.29) is 29.6 Å². The molecule has 0 bridgehead atoms. The predicted molar refractivity (Wildman–Crippen MR) is 134 cm³/mol. The Hall–Kier alpha value is -2.48. The monoisotopic (exact) mass is 500 g/mol. The van der Waals surface area contributed by atoms with Crippen LogP contribution in [0.1, 0.15) is 48.0 Å². The van der Waals surface area contributed by atoms with Crippen molar-refractivity contribution in [2.75, 3.05) is 39.3 Å². The molecule has 7 nitrogen and oxygen atoms in total. The van der Waals surface area contributed by atoms with E-state index in [1.54, 1.807) is 12.1 Å². The van der Waals surface area contributed by atoms with E-state index in [2.05, 4.69) is 4.90 Å². The maximum Gasteiger partial charge on any atom is 0.253 e. The number of benzene rings is 2. The molecule has 35 heavy (non-hydrogen) atoms. The second kappa shape index (κ2) is 10.2. The van der Waals surface area contributed by atoms with Crippen LogP contribution in [0.15, 0.2) is 36.4 Å². The van der Waals surface area contributed by atoms with Crippen molar-refractivity contribution in [3.05, 3.63) is 52.5 Å². The minimum Gasteiger partial charge on any atom is -0.504 e. The number of amides is 1. The van der Waals surface area contributed by atoms with Crippen LogP contribution in [0, 0.1) is 0 Å². The molecule has 3 aliphatic rings. The van der Waals surface area contributed by atoms with Crippen molar-refractivity contribution >= 4 is 17.5 Å². The number of nitrogens with zero attached hydrogens (tertiary/aromatic N) is 2. The fourth-order valence-corrected chi connectivity index (χ4v) is 5.60. The SMILES string of the molecule is O=C(c1ccc(O)c(OC[C@@H](O)CN2CCC3(CC2)Cc2cc(Cl)ccc2O3)c1)N1CCCCC1. The zero-order valence-electron chi connectivity index (χ0n) is 19.9. The van der Waals surface area contributed by atoms with Gasteiger partial charge in [-0.1, -0.05) is 11.6 Å². The normalized spacial score (nSPS) is 20.3. The molecule has 2 fully saturated rings. The number of fused-ring (bicyclic) bond motifs is 1. The van der Waals surface area contributed by atoms with Gasteiger partial charge in [-0.25, -0.2) is 0 Å². The minimum absolute atomic E-state index is 0.0367. The highest BCUT2D eigenvalue weighted by Crippen LogP contribution is 2.42. The lowest BCUT2D eigenvalue weighted by atomic mass is 9.87. The van der Waals surface area contributed by atoms with Gasteiger partial charge < -0.3 is 29.5 Å². The van der Waals surface area contributed by atoms with Gasteiger partial charge in [0.1, 0.15) is 24.1 Å². The van der Waals surface area contributed by atoms with Crippen molar-refractivity contribution in [3.63, 3.8) is 0 Å². The fraction of sp³-hybridized carbons (Fsp3) is 0.519. The highest BCUT2D eigenvalue weighted by molar-refractivity contribution is 6.30. The summed E-state index contributed by atoms with van der Waals surface area (Å²) in [5.41, 5.74) is 1.48. The van der Waals surface area contributed by atoms with Crippen molar-refractivity contribution < 1.29 is 24.5 Å². The van der Waals surface area contributed by atoms with Crippen molar-refractivity contribution in [3.8, 4) is 17.2 Å². The number of carbonyl (C=O) groups excluding carboxylic acids is 1. The predicted octanol–water partition coefficient (Wildman–Crippen LogP) is 3.88. The summed E-state index contributed by atoms with van der Waals surface area (Å²) >= 11 is 6.14. The maximum atomic E-state index is 12.8. The Balaban J connectivity index is 1.11. The van der Waals surface area contributed by atoms with Crippen LogP contribution in [0.3, 0.4) is 0 Å². The summed E-state index contributed by atoms with van der Waals surface area (Å²) in [6, 6.07) is 10.5. The Bertz CT molecular complexity index is 1060. The van der Waals surface area contributed by atoms with Gasteiger partial charge in [0.05, 0.1) is 0 Å². The minimum atomic E-state index is -0.717. The smallest absolute Gasteiger partial charge is 0.253 e. The topological polar surface area (TPSA) is 82.5 Å². The van der Waals surface area contributed by atoms with Crippen LogP contribution in [0.2, 0.25) is 5.02 Å². The standard InChI is InChI=1S/C27H33ClN2O5/c28-21-5-7-24-20(14-21)16-27(35-24)8-12-29(13-9-27)17-22(31)18-34-25-15-19(4-6-23(25)32)26(33)30-10-2-1-3-11-30/h4-7,14-15,22,31-32H,1-3,8-13,16-18H2/t22-/m0/s1. The largest absolute Gasteiger partial charge is 0.504 e. The number of halogens is 1. The summed E-state index contributed by atoms with van der Waals surface area (Å²) < 4.78 is 12.0. The molecule has 0 aromatic heterocycles. The molecule has 3 aliphatic heterocycles. The number of aliphatic hydroxyl groups is 1. The number of β-amino-alcohol motifs (C(OH)–C–C–N with tert-alkyl or cyclic N) is 1. The lowest BCUT2D eigenvalue weighted by Gasteiger charge is -2.39. The van der Waals surface area contributed by atoms with Gasteiger partial charge in [-0.05, 0) is 61.2 Å². The first kappa shape index (κ1) is 24.2.